The predicted molar refractivity (Wildman–Crippen MR) is 126 cm³/mol. The van der Waals surface area contributed by atoms with Crippen molar-refractivity contribution < 1.29 is 0 Å². The molecule has 0 saturated heterocycles. The molecule has 4 heteroatoms. The molecule has 0 aromatic heterocycles. The largest absolute Gasteiger partial charge is 0.397 e. The summed E-state index contributed by atoms with van der Waals surface area (Å²) in [7, 11) is 0. The molecule has 29 heavy (non-hydrogen) atoms. The Kier molecular flexibility index (Phi) is 6.05. The van der Waals surface area contributed by atoms with Gasteiger partial charge in [-0.2, -0.15) is 0 Å². The van der Waals surface area contributed by atoms with Crippen LogP contribution >= 0.6 is 0 Å². The molecule has 4 aromatic rings. The number of nitrogens with two attached hydrogens (primary N) is 4. The maximum Gasteiger partial charge on any atom is 0.0630 e. The van der Waals surface area contributed by atoms with Crippen molar-refractivity contribution in [2.45, 2.75) is 6.92 Å². The van der Waals surface area contributed by atoms with E-state index in [4.69, 9.17) is 22.9 Å². The molecule has 8 N–H and O–H groups in total. The summed E-state index contributed by atoms with van der Waals surface area (Å²) in [6.07, 6.45) is 0. The van der Waals surface area contributed by atoms with E-state index < -0.39 is 0 Å². The van der Waals surface area contributed by atoms with Gasteiger partial charge in [-0.1, -0.05) is 84.9 Å². The van der Waals surface area contributed by atoms with Crippen LogP contribution in [0.5, 0.6) is 0 Å². The van der Waals surface area contributed by atoms with E-state index in [1.54, 1.807) is 0 Å². The fourth-order valence-electron chi connectivity index (χ4n) is 3.07. The Labute approximate surface area is 171 Å². The SMILES string of the molecule is Cc1ccc(-c2ccccc2)c(N)c1N.Nc1cccc(-c2ccccc2)c1N. The number of hydrogen-bond acceptors (Lipinski definition) is 4. The molecule has 0 aliphatic rings. The zero-order valence-electron chi connectivity index (χ0n) is 16.5. The minimum absolute atomic E-state index is 0.631. The summed E-state index contributed by atoms with van der Waals surface area (Å²) in [6, 6.07) is 29.7. The predicted octanol–water partition coefficient (Wildman–Crippen LogP) is 5.34. The van der Waals surface area contributed by atoms with E-state index in [0.29, 0.717) is 22.7 Å². The van der Waals surface area contributed by atoms with Crippen LogP contribution in [-0.2, 0) is 0 Å². The topological polar surface area (TPSA) is 104 Å². The lowest BCUT2D eigenvalue weighted by atomic mass is 10.0. The zero-order valence-corrected chi connectivity index (χ0v) is 16.5. The van der Waals surface area contributed by atoms with Gasteiger partial charge in [0, 0.05) is 11.1 Å². The standard InChI is InChI=1S/C13H14N2.C12H12N2/c1-9-7-8-11(13(15)12(9)14)10-5-3-2-4-6-10;13-11-8-4-7-10(12(11)14)9-5-2-1-3-6-9/h2-8H,14-15H2,1H3;1-8H,13-14H2. The van der Waals surface area contributed by atoms with E-state index in [-0.39, 0.29) is 0 Å². The van der Waals surface area contributed by atoms with Gasteiger partial charge in [0.05, 0.1) is 22.7 Å². The molecule has 0 bridgehead atoms. The van der Waals surface area contributed by atoms with Gasteiger partial charge in [-0.25, -0.2) is 0 Å². The van der Waals surface area contributed by atoms with Gasteiger partial charge in [0.1, 0.15) is 0 Å². The zero-order chi connectivity index (χ0) is 20.8. The molecule has 0 atom stereocenters. The van der Waals surface area contributed by atoms with Crippen molar-refractivity contribution in [2.75, 3.05) is 22.9 Å². The highest BCUT2D eigenvalue weighted by Gasteiger charge is 2.06. The number of anilines is 4. The molecule has 0 radical (unpaired) electrons. The molecule has 146 valence electrons. The quantitative estimate of drug-likeness (QED) is 0.351. The lowest BCUT2D eigenvalue weighted by Gasteiger charge is -2.10. The highest BCUT2D eigenvalue weighted by Crippen LogP contribution is 2.32. The molecule has 0 amide bonds. The second-order valence-corrected chi connectivity index (χ2v) is 6.80. The van der Waals surface area contributed by atoms with Crippen LogP contribution < -0.4 is 22.9 Å². The third-order valence-corrected chi connectivity index (χ3v) is 4.81. The van der Waals surface area contributed by atoms with Gasteiger partial charge in [-0.05, 0) is 29.7 Å². The van der Waals surface area contributed by atoms with Crippen LogP contribution in [0.3, 0.4) is 0 Å². The first-order chi connectivity index (χ1) is 14.0. The third-order valence-electron chi connectivity index (χ3n) is 4.81. The van der Waals surface area contributed by atoms with Crippen LogP contribution in [0.1, 0.15) is 5.56 Å². The summed E-state index contributed by atoms with van der Waals surface area (Å²) >= 11 is 0. The van der Waals surface area contributed by atoms with Gasteiger partial charge in [0.25, 0.3) is 0 Å². The Morgan fingerprint density at radius 1 is 0.448 bits per heavy atom. The van der Waals surface area contributed by atoms with Crippen molar-refractivity contribution in [3.8, 4) is 22.3 Å². The number of benzene rings is 4. The Balaban J connectivity index is 0.000000166. The van der Waals surface area contributed by atoms with Gasteiger partial charge in [-0.3, -0.25) is 0 Å². The lowest BCUT2D eigenvalue weighted by Crippen LogP contribution is -1.99. The molecule has 0 spiro atoms. The average molecular weight is 383 g/mol. The Morgan fingerprint density at radius 3 is 1.52 bits per heavy atom. The smallest absolute Gasteiger partial charge is 0.0630 e. The Hall–Kier alpha value is -3.92. The van der Waals surface area contributed by atoms with E-state index in [9.17, 15) is 0 Å². The van der Waals surface area contributed by atoms with Crippen LogP contribution in [0.25, 0.3) is 22.3 Å². The highest BCUT2D eigenvalue weighted by atomic mass is 14.7. The minimum Gasteiger partial charge on any atom is -0.397 e. The number of para-hydroxylation sites is 1. The van der Waals surface area contributed by atoms with Gasteiger partial charge in [0.2, 0.25) is 0 Å². The van der Waals surface area contributed by atoms with Gasteiger partial charge < -0.3 is 22.9 Å². The fourth-order valence-corrected chi connectivity index (χ4v) is 3.07. The van der Waals surface area contributed by atoms with E-state index in [2.05, 4.69) is 0 Å². The summed E-state index contributed by atoms with van der Waals surface area (Å²) in [6.45, 7) is 1.96. The first kappa shape index (κ1) is 19.8. The first-order valence-electron chi connectivity index (χ1n) is 9.38. The molecule has 0 unspecified atom stereocenters. The first-order valence-corrected chi connectivity index (χ1v) is 9.38. The molecule has 4 rings (SSSR count). The van der Waals surface area contributed by atoms with Crippen LogP contribution in [0.15, 0.2) is 91.0 Å². The maximum atomic E-state index is 5.99. The van der Waals surface area contributed by atoms with Crippen molar-refractivity contribution in [3.05, 3.63) is 96.6 Å². The van der Waals surface area contributed by atoms with E-state index in [1.165, 1.54) is 0 Å². The molecule has 0 aliphatic carbocycles. The number of nitrogen functional groups attached to an aromatic ring is 4. The molecule has 0 fully saturated rings. The third kappa shape index (κ3) is 4.50. The molecule has 4 nitrogen and oxygen atoms in total. The van der Waals surface area contributed by atoms with E-state index >= 15 is 0 Å². The second kappa shape index (κ2) is 8.85. The second-order valence-electron chi connectivity index (χ2n) is 6.80. The number of hydrogen-bond donors (Lipinski definition) is 4. The molecule has 4 aromatic carbocycles. The molecule has 0 heterocycles. The molecular formula is C25H26N4. The minimum atomic E-state index is 0.631. The van der Waals surface area contributed by atoms with Gasteiger partial charge >= 0.3 is 0 Å². The van der Waals surface area contributed by atoms with E-state index in [0.717, 1.165) is 27.8 Å². The number of rotatable bonds is 2. The average Bonchev–Trinajstić information content (AvgIpc) is 2.76. The van der Waals surface area contributed by atoms with Crippen molar-refractivity contribution >= 4 is 22.7 Å². The number of aryl methyl sites for hydroxylation is 1. The monoisotopic (exact) mass is 382 g/mol. The normalized spacial score (nSPS) is 10.1. The van der Waals surface area contributed by atoms with Gasteiger partial charge in [-0.15, -0.1) is 0 Å². The maximum absolute atomic E-state index is 5.99. The van der Waals surface area contributed by atoms with Crippen LogP contribution in [0.4, 0.5) is 22.7 Å². The van der Waals surface area contributed by atoms with Crippen molar-refractivity contribution in [3.63, 3.8) is 0 Å². The van der Waals surface area contributed by atoms with Crippen molar-refractivity contribution in [1.29, 1.82) is 0 Å². The summed E-state index contributed by atoms with van der Waals surface area (Å²) in [5.41, 5.74) is 31.3. The lowest BCUT2D eigenvalue weighted by molar-refractivity contribution is 1.47. The van der Waals surface area contributed by atoms with Crippen LogP contribution in [-0.4, -0.2) is 0 Å². The Bertz CT molecular complexity index is 1090. The summed E-state index contributed by atoms with van der Waals surface area (Å²) in [4.78, 5) is 0. The molecule has 0 aliphatic heterocycles. The van der Waals surface area contributed by atoms with Crippen LogP contribution in [0.2, 0.25) is 0 Å². The highest BCUT2D eigenvalue weighted by molar-refractivity contribution is 5.86. The van der Waals surface area contributed by atoms with Gasteiger partial charge in [0.15, 0.2) is 0 Å². The summed E-state index contributed by atoms with van der Waals surface area (Å²) in [5.74, 6) is 0. The summed E-state index contributed by atoms with van der Waals surface area (Å²) < 4.78 is 0. The fraction of sp³-hybridized carbons (Fsp3) is 0.0400. The van der Waals surface area contributed by atoms with Crippen molar-refractivity contribution in [1.82, 2.24) is 0 Å². The van der Waals surface area contributed by atoms with Crippen LogP contribution in [0, 0.1) is 6.92 Å². The molecule has 0 saturated carbocycles. The molecular weight excluding hydrogens is 356 g/mol. The Morgan fingerprint density at radius 2 is 0.966 bits per heavy atom. The van der Waals surface area contributed by atoms with E-state index in [1.807, 2.05) is 97.9 Å². The summed E-state index contributed by atoms with van der Waals surface area (Å²) in [5, 5.41) is 0. The van der Waals surface area contributed by atoms with Crippen molar-refractivity contribution in [2.24, 2.45) is 0 Å².